The molecule has 8 heteroatoms. The second-order valence-electron chi connectivity index (χ2n) is 8.76. The quantitative estimate of drug-likeness (QED) is 0.277. The van der Waals surface area contributed by atoms with Gasteiger partial charge in [-0.1, -0.05) is 0 Å². The predicted molar refractivity (Wildman–Crippen MR) is 142 cm³/mol. The maximum atomic E-state index is 12.9. The summed E-state index contributed by atoms with van der Waals surface area (Å²) in [6.07, 6.45) is 1.83. The first-order chi connectivity index (χ1) is 17.9. The molecule has 0 amide bonds. The Morgan fingerprint density at radius 1 is 0.892 bits per heavy atom. The standard InChI is InChI=1S/C29H28N2O6/c1-17-10-22-23(11-18(17)2)31(16-30-22)8-9-36-20-6-7-21-24(32)15-25(37-26(21)14-20)19-12-27(33-3)29(35-5)28(13-19)34-4/h6-7,10-16H,8-9H2,1-5H3. The van der Waals surface area contributed by atoms with Crippen LogP contribution in [-0.2, 0) is 6.54 Å². The number of methoxy groups -OCH3 is 3. The fourth-order valence-corrected chi connectivity index (χ4v) is 4.34. The average Bonchev–Trinajstić information content (AvgIpc) is 3.28. The van der Waals surface area contributed by atoms with Gasteiger partial charge < -0.3 is 27.9 Å². The molecule has 2 aromatic heterocycles. The second-order valence-corrected chi connectivity index (χ2v) is 8.76. The van der Waals surface area contributed by atoms with Gasteiger partial charge in [0.2, 0.25) is 5.75 Å². The smallest absolute Gasteiger partial charge is 0.203 e. The van der Waals surface area contributed by atoms with Crippen LogP contribution >= 0.6 is 0 Å². The molecule has 0 fully saturated rings. The maximum absolute atomic E-state index is 12.9. The molecule has 0 saturated heterocycles. The molecule has 0 spiro atoms. The van der Waals surface area contributed by atoms with Gasteiger partial charge in [-0.15, -0.1) is 0 Å². The number of hydrogen-bond acceptors (Lipinski definition) is 7. The highest BCUT2D eigenvalue weighted by atomic mass is 16.5. The Balaban J connectivity index is 1.41. The monoisotopic (exact) mass is 500 g/mol. The van der Waals surface area contributed by atoms with Crippen molar-refractivity contribution in [2.75, 3.05) is 27.9 Å². The number of aromatic nitrogens is 2. The van der Waals surface area contributed by atoms with E-state index in [1.807, 2.05) is 6.33 Å². The first-order valence-electron chi connectivity index (χ1n) is 11.8. The number of fused-ring (bicyclic) bond motifs is 2. The summed E-state index contributed by atoms with van der Waals surface area (Å²) in [5.41, 5.74) is 5.37. The maximum Gasteiger partial charge on any atom is 0.203 e. The van der Waals surface area contributed by atoms with Crippen molar-refractivity contribution in [2.24, 2.45) is 0 Å². The summed E-state index contributed by atoms with van der Waals surface area (Å²) in [7, 11) is 4.61. The minimum atomic E-state index is -0.160. The lowest BCUT2D eigenvalue weighted by Crippen LogP contribution is -2.07. The van der Waals surface area contributed by atoms with Crippen LogP contribution in [0.4, 0.5) is 0 Å². The molecule has 190 valence electrons. The third kappa shape index (κ3) is 4.58. The highest BCUT2D eigenvalue weighted by Gasteiger charge is 2.17. The summed E-state index contributed by atoms with van der Waals surface area (Å²) in [5.74, 6) is 2.38. The zero-order valence-electron chi connectivity index (χ0n) is 21.5. The van der Waals surface area contributed by atoms with E-state index in [2.05, 4.69) is 35.5 Å². The van der Waals surface area contributed by atoms with Crippen molar-refractivity contribution in [3.63, 3.8) is 0 Å². The number of rotatable bonds is 8. The van der Waals surface area contributed by atoms with Crippen molar-refractivity contribution in [2.45, 2.75) is 20.4 Å². The molecule has 0 N–H and O–H groups in total. The van der Waals surface area contributed by atoms with E-state index in [1.165, 1.54) is 38.5 Å². The topological polar surface area (TPSA) is 85.0 Å². The molecule has 37 heavy (non-hydrogen) atoms. The predicted octanol–water partition coefficient (Wildman–Crippen LogP) is 5.53. The lowest BCUT2D eigenvalue weighted by molar-refractivity contribution is 0.300. The number of hydrogen-bond donors (Lipinski definition) is 0. The van der Waals surface area contributed by atoms with Crippen LogP contribution < -0.4 is 24.4 Å². The normalized spacial score (nSPS) is 11.2. The van der Waals surface area contributed by atoms with E-state index in [0.717, 1.165) is 11.0 Å². The Kier molecular flexibility index (Phi) is 6.48. The molecule has 0 aliphatic rings. The van der Waals surface area contributed by atoms with E-state index in [-0.39, 0.29) is 5.43 Å². The zero-order valence-corrected chi connectivity index (χ0v) is 21.5. The molecular formula is C29H28N2O6. The molecule has 0 bridgehead atoms. The van der Waals surface area contributed by atoms with Crippen LogP contribution in [0, 0.1) is 13.8 Å². The van der Waals surface area contributed by atoms with Crippen LogP contribution in [0.2, 0.25) is 0 Å². The Bertz CT molecular complexity index is 1640. The summed E-state index contributed by atoms with van der Waals surface area (Å²) < 4.78 is 30.5. The third-order valence-corrected chi connectivity index (χ3v) is 6.49. The molecule has 0 saturated carbocycles. The second kappa shape index (κ2) is 9.89. The first-order valence-corrected chi connectivity index (χ1v) is 11.8. The average molecular weight is 501 g/mol. The van der Waals surface area contributed by atoms with Gasteiger partial charge >= 0.3 is 0 Å². The molecule has 2 heterocycles. The highest BCUT2D eigenvalue weighted by molar-refractivity contribution is 5.81. The van der Waals surface area contributed by atoms with Crippen molar-refractivity contribution in [3.05, 3.63) is 76.2 Å². The Morgan fingerprint density at radius 2 is 1.62 bits per heavy atom. The van der Waals surface area contributed by atoms with E-state index in [0.29, 0.717) is 58.4 Å². The van der Waals surface area contributed by atoms with Gasteiger partial charge in [-0.3, -0.25) is 4.79 Å². The van der Waals surface area contributed by atoms with Gasteiger partial charge in [0, 0.05) is 17.7 Å². The van der Waals surface area contributed by atoms with E-state index < -0.39 is 0 Å². The number of nitrogens with zero attached hydrogens (tertiary/aromatic N) is 2. The van der Waals surface area contributed by atoms with E-state index in [9.17, 15) is 4.79 Å². The van der Waals surface area contributed by atoms with Gasteiger partial charge in [-0.2, -0.15) is 0 Å². The molecule has 5 rings (SSSR count). The van der Waals surface area contributed by atoms with Crippen molar-refractivity contribution in [3.8, 4) is 34.3 Å². The zero-order chi connectivity index (χ0) is 26.1. The SMILES string of the molecule is COc1cc(-c2cc(=O)c3ccc(OCCn4cnc5cc(C)c(C)cc54)cc3o2)cc(OC)c1OC. The number of benzene rings is 3. The fourth-order valence-electron chi connectivity index (χ4n) is 4.34. The fraction of sp³-hybridized carbons (Fsp3) is 0.241. The molecule has 3 aromatic carbocycles. The minimum Gasteiger partial charge on any atom is -0.493 e. The van der Waals surface area contributed by atoms with Crippen molar-refractivity contribution in [1.29, 1.82) is 0 Å². The molecule has 0 aliphatic carbocycles. The molecular weight excluding hydrogens is 472 g/mol. The highest BCUT2D eigenvalue weighted by Crippen LogP contribution is 2.41. The van der Waals surface area contributed by atoms with Crippen LogP contribution in [0.5, 0.6) is 23.0 Å². The van der Waals surface area contributed by atoms with E-state index in [1.54, 1.807) is 30.3 Å². The summed E-state index contributed by atoms with van der Waals surface area (Å²) >= 11 is 0. The largest absolute Gasteiger partial charge is 0.493 e. The third-order valence-electron chi connectivity index (χ3n) is 6.49. The molecule has 0 aliphatic heterocycles. The van der Waals surface area contributed by atoms with E-state index >= 15 is 0 Å². The molecule has 0 unspecified atom stereocenters. The van der Waals surface area contributed by atoms with Crippen LogP contribution in [0.25, 0.3) is 33.3 Å². The van der Waals surface area contributed by atoms with Crippen LogP contribution in [0.15, 0.2) is 64.1 Å². The molecule has 0 radical (unpaired) electrons. The summed E-state index contributed by atoms with van der Waals surface area (Å²) in [6, 6.07) is 14.4. The van der Waals surface area contributed by atoms with Crippen LogP contribution in [0.3, 0.4) is 0 Å². The summed E-state index contributed by atoms with van der Waals surface area (Å²) in [5, 5.41) is 0.468. The number of aryl methyl sites for hydroxylation is 2. The Labute approximate surface area is 214 Å². The van der Waals surface area contributed by atoms with Crippen LogP contribution in [-0.4, -0.2) is 37.5 Å². The van der Waals surface area contributed by atoms with Gasteiger partial charge in [0.15, 0.2) is 16.9 Å². The van der Waals surface area contributed by atoms with Gasteiger partial charge in [-0.05, 0) is 61.4 Å². The Morgan fingerprint density at radius 3 is 2.32 bits per heavy atom. The molecule has 5 aromatic rings. The first kappa shape index (κ1) is 24.2. The summed E-state index contributed by atoms with van der Waals surface area (Å²) in [4.78, 5) is 17.4. The lowest BCUT2D eigenvalue weighted by atomic mass is 10.1. The lowest BCUT2D eigenvalue weighted by Gasteiger charge is -2.14. The van der Waals surface area contributed by atoms with Gasteiger partial charge in [0.25, 0.3) is 0 Å². The van der Waals surface area contributed by atoms with Gasteiger partial charge in [0.1, 0.15) is 23.7 Å². The minimum absolute atomic E-state index is 0.160. The number of imidazole rings is 1. The summed E-state index contributed by atoms with van der Waals surface area (Å²) in [6.45, 7) is 5.24. The molecule has 8 nitrogen and oxygen atoms in total. The van der Waals surface area contributed by atoms with Crippen molar-refractivity contribution in [1.82, 2.24) is 9.55 Å². The molecule has 0 atom stereocenters. The van der Waals surface area contributed by atoms with Crippen molar-refractivity contribution >= 4 is 22.0 Å². The van der Waals surface area contributed by atoms with E-state index in [4.69, 9.17) is 23.4 Å². The Hall–Kier alpha value is -4.46. The van der Waals surface area contributed by atoms with Crippen LogP contribution in [0.1, 0.15) is 11.1 Å². The number of ether oxygens (including phenoxy) is 4. The van der Waals surface area contributed by atoms with Gasteiger partial charge in [-0.25, -0.2) is 4.98 Å². The van der Waals surface area contributed by atoms with Crippen molar-refractivity contribution < 1.29 is 23.4 Å². The van der Waals surface area contributed by atoms with Gasteiger partial charge in [0.05, 0.1) is 50.6 Å².